The molecule has 0 atom stereocenters. The zero-order valence-electron chi connectivity index (χ0n) is 12.2. The van der Waals surface area contributed by atoms with Gasteiger partial charge in [0.15, 0.2) is 5.96 Å². The first-order valence-corrected chi connectivity index (χ1v) is 6.13. The standard InChI is InChI=1S/C12H27N3O2.HI/c1-6-17-9-7-8-14-11(13-4)15-10-12(2,3)16-5;/h6-10H2,1-5H3,(H2,13,14,15);1H. The first-order chi connectivity index (χ1) is 8.05. The highest BCUT2D eigenvalue weighted by molar-refractivity contribution is 14.0. The second kappa shape index (κ2) is 12.0. The maximum absolute atomic E-state index is 5.32. The van der Waals surface area contributed by atoms with E-state index in [0.717, 1.165) is 32.1 Å². The third-order valence-corrected chi connectivity index (χ3v) is 2.42. The van der Waals surface area contributed by atoms with Crippen molar-refractivity contribution in [3.63, 3.8) is 0 Å². The molecule has 0 aromatic heterocycles. The van der Waals surface area contributed by atoms with Crippen LogP contribution in [0.25, 0.3) is 0 Å². The molecule has 0 aromatic rings. The van der Waals surface area contributed by atoms with Crippen LogP contribution in [0.15, 0.2) is 4.99 Å². The second-order valence-corrected chi connectivity index (χ2v) is 4.37. The van der Waals surface area contributed by atoms with Crippen LogP contribution in [0.5, 0.6) is 0 Å². The molecule has 0 aliphatic carbocycles. The van der Waals surface area contributed by atoms with E-state index < -0.39 is 0 Å². The zero-order valence-corrected chi connectivity index (χ0v) is 14.5. The van der Waals surface area contributed by atoms with E-state index in [-0.39, 0.29) is 29.6 Å². The fraction of sp³-hybridized carbons (Fsp3) is 0.917. The number of nitrogens with zero attached hydrogens (tertiary/aromatic N) is 1. The summed E-state index contributed by atoms with van der Waals surface area (Å²) in [6, 6.07) is 0. The van der Waals surface area contributed by atoms with Crippen LogP contribution in [0.4, 0.5) is 0 Å². The van der Waals surface area contributed by atoms with E-state index in [1.807, 2.05) is 20.8 Å². The molecule has 0 aromatic carbocycles. The SMILES string of the molecule is CCOCCCNC(=NC)NCC(C)(C)OC.I. The molecule has 0 bridgehead atoms. The lowest BCUT2D eigenvalue weighted by atomic mass is 10.1. The molecule has 18 heavy (non-hydrogen) atoms. The van der Waals surface area contributed by atoms with Crippen LogP contribution in [0.2, 0.25) is 0 Å². The molecular weight excluding hydrogens is 345 g/mol. The Morgan fingerprint density at radius 1 is 1.28 bits per heavy atom. The number of aliphatic imine (C=N–C) groups is 1. The van der Waals surface area contributed by atoms with Gasteiger partial charge in [-0.3, -0.25) is 4.99 Å². The molecule has 0 spiro atoms. The van der Waals surface area contributed by atoms with Gasteiger partial charge in [-0.1, -0.05) is 0 Å². The first kappa shape index (κ1) is 20.2. The average molecular weight is 373 g/mol. The lowest BCUT2D eigenvalue weighted by molar-refractivity contribution is 0.0268. The highest BCUT2D eigenvalue weighted by Gasteiger charge is 2.16. The number of halogens is 1. The van der Waals surface area contributed by atoms with Gasteiger partial charge in [-0.25, -0.2) is 0 Å². The first-order valence-electron chi connectivity index (χ1n) is 6.13. The van der Waals surface area contributed by atoms with E-state index in [4.69, 9.17) is 9.47 Å². The van der Waals surface area contributed by atoms with Crippen molar-refractivity contribution in [1.29, 1.82) is 0 Å². The molecule has 0 heterocycles. The summed E-state index contributed by atoms with van der Waals surface area (Å²) in [6.07, 6.45) is 0.974. The quantitative estimate of drug-likeness (QED) is 0.294. The van der Waals surface area contributed by atoms with Gasteiger partial charge in [-0.2, -0.15) is 0 Å². The van der Waals surface area contributed by atoms with Gasteiger partial charge < -0.3 is 20.1 Å². The molecule has 0 aliphatic heterocycles. The summed E-state index contributed by atoms with van der Waals surface area (Å²) in [6.45, 7) is 9.19. The lowest BCUT2D eigenvalue weighted by Crippen LogP contribution is -2.45. The largest absolute Gasteiger partial charge is 0.382 e. The van der Waals surface area contributed by atoms with Gasteiger partial charge in [0.05, 0.1) is 5.60 Å². The maximum atomic E-state index is 5.32. The van der Waals surface area contributed by atoms with E-state index in [1.54, 1.807) is 14.2 Å². The van der Waals surface area contributed by atoms with Gasteiger partial charge in [-0.05, 0) is 27.2 Å². The van der Waals surface area contributed by atoms with E-state index in [0.29, 0.717) is 6.54 Å². The van der Waals surface area contributed by atoms with Gasteiger partial charge in [0.1, 0.15) is 0 Å². The Bertz CT molecular complexity index is 223. The normalized spacial score (nSPS) is 11.9. The van der Waals surface area contributed by atoms with Crippen LogP contribution in [0, 0.1) is 0 Å². The van der Waals surface area contributed by atoms with E-state index >= 15 is 0 Å². The molecule has 0 saturated carbocycles. The summed E-state index contributed by atoms with van der Waals surface area (Å²) in [5, 5.41) is 6.45. The number of nitrogens with one attached hydrogen (secondary N) is 2. The average Bonchev–Trinajstić information content (AvgIpc) is 2.32. The smallest absolute Gasteiger partial charge is 0.191 e. The minimum absolute atomic E-state index is 0. The molecule has 0 aliphatic rings. The number of guanidine groups is 1. The number of methoxy groups -OCH3 is 1. The molecule has 0 fully saturated rings. The molecule has 0 rings (SSSR count). The molecule has 0 unspecified atom stereocenters. The third-order valence-electron chi connectivity index (χ3n) is 2.42. The predicted octanol–water partition coefficient (Wildman–Crippen LogP) is 1.62. The molecule has 2 N–H and O–H groups in total. The minimum atomic E-state index is -0.192. The van der Waals surface area contributed by atoms with Crippen LogP contribution in [-0.2, 0) is 9.47 Å². The van der Waals surface area contributed by atoms with Crippen molar-refractivity contribution < 1.29 is 9.47 Å². The van der Waals surface area contributed by atoms with Crippen molar-refractivity contribution in [1.82, 2.24) is 10.6 Å². The van der Waals surface area contributed by atoms with Crippen molar-refractivity contribution in [2.75, 3.05) is 40.5 Å². The monoisotopic (exact) mass is 373 g/mol. The Labute approximate surface area is 128 Å². The Morgan fingerprint density at radius 2 is 1.94 bits per heavy atom. The van der Waals surface area contributed by atoms with Gasteiger partial charge in [0.25, 0.3) is 0 Å². The molecule has 6 heteroatoms. The fourth-order valence-electron chi connectivity index (χ4n) is 1.11. The van der Waals surface area contributed by atoms with Crippen molar-refractivity contribution in [2.45, 2.75) is 32.8 Å². The van der Waals surface area contributed by atoms with Gasteiger partial charge in [0.2, 0.25) is 0 Å². The second-order valence-electron chi connectivity index (χ2n) is 4.37. The van der Waals surface area contributed by atoms with Crippen LogP contribution < -0.4 is 10.6 Å². The molecule has 0 amide bonds. The third kappa shape index (κ3) is 11.0. The summed E-state index contributed by atoms with van der Waals surface area (Å²) in [7, 11) is 3.47. The summed E-state index contributed by atoms with van der Waals surface area (Å²) in [5.74, 6) is 0.798. The Balaban J connectivity index is 0. The lowest BCUT2D eigenvalue weighted by Gasteiger charge is -2.24. The highest BCUT2D eigenvalue weighted by Crippen LogP contribution is 2.04. The van der Waals surface area contributed by atoms with Gasteiger partial charge >= 0.3 is 0 Å². The number of ether oxygens (including phenoxy) is 2. The predicted molar refractivity (Wildman–Crippen MR) is 87.0 cm³/mol. The van der Waals surface area contributed by atoms with E-state index in [9.17, 15) is 0 Å². The van der Waals surface area contributed by atoms with Crippen LogP contribution in [0.3, 0.4) is 0 Å². The summed E-state index contributed by atoms with van der Waals surface area (Å²) >= 11 is 0. The highest BCUT2D eigenvalue weighted by atomic mass is 127. The Hall–Kier alpha value is -0.0800. The molecule has 0 saturated heterocycles. The van der Waals surface area contributed by atoms with Gasteiger partial charge in [0, 0.05) is 40.5 Å². The van der Waals surface area contributed by atoms with E-state index in [2.05, 4.69) is 15.6 Å². The molecule has 5 nitrogen and oxygen atoms in total. The fourth-order valence-corrected chi connectivity index (χ4v) is 1.11. The minimum Gasteiger partial charge on any atom is -0.382 e. The number of hydrogen-bond acceptors (Lipinski definition) is 3. The molecule has 0 radical (unpaired) electrons. The summed E-state index contributed by atoms with van der Waals surface area (Å²) in [5.41, 5.74) is -0.192. The van der Waals surface area contributed by atoms with Crippen LogP contribution in [-0.4, -0.2) is 52.0 Å². The Morgan fingerprint density at radius 3 is 2.44 bits per heavy atom. The maximum Gasteiger partial charge on any atom is 0.191 e. The van der Waals surface area contributed by atoms with Crippen molar-refractivity contribution >= 4 is 29.9 Å². The van der Waals surface area contributed by atoms with Crippen molar-refractivity contribution in [2.24, 2.45) is 4.99 Å². The van der Waals surface area contributed by atoms with Gasteiger partial charge in [-0.15, -0.1) is 24.0 Å². The summed E-state index contributed by atoms with van der Waals surface area (Å²) < 4.78 is 10.6. The van der Waals surface area contributed by atoms with Crippen LogP contribution >= 0.6 is 24.0 Å². The summed E-state index contributed by atoms with van der Waals surface area (Å²) in [4.78, 5) is 4.14. The van der Waals surface area contributed by atoms with E-state index in [1.165, 1.54) is 0 Å². The van der Waals surface area contributed by atoms with Crippen molar-refractivity contribution in [3.05, 3.63) is 0 Å². The number of hydrogen-bond donors (Lipinski definition) is 2. The van der Waals surface area contributed by atoms with Crippen LogP contribution in [0.1, 0.15) is 27.2 Å². The zero-order chi connectivity index (χ0) is 13.1. The van der Waals surface area contributed by atoms with Crippen molar-refractivity contribution in [3.8, 4) is 0 Å². The molecule has 110 valence electrons. The Kier molecular flexibility index (Phi) is 13.5. The molecular formula is C12H28IN3O2. The number of rotatable bonds is 8. The topological polar surface area (TPSA) is 54.9 Å².